The first-order valence-electron chi connectivity index (χ1n) is 6.81. The molecule has 23 heavy (non-hydrogen) atoms. The van der Waals surface area contributed by atoms with Crippen molar-refractivity contribution < 1.29 is 14.0 Å². The van der Waals surface area contributed by atoms with E-state index in [1.807, 2.05) is 31.2 Å². The third-order valence-electron chi connectivity index (χ3n) is 3.32. The second kappa shape index (κ2) is 6.37. The Morgan fingerprint density at radius 1 is 1.17 bits per heavy atom. The molecule has 1 aromatic carbocycles. The molecule has 0 bridgehead atoms. The lowest BCUT2D eigenvalue weighted by Gasteiger charge is -2.10. The second-order valence-electron chi connectivity index (χ2n) is 4.78. The molecule has 0 atom stereocenters. The fraction of sp³-hybridized carbons (Fsp3) is 0.188. The van der Waals surface area contributed by atoms with Crippen LogP contribution < -0.4 is 9.47 Å². The summed E-state index contributed by atoms with van der Waals surface area (Å²) < 4.78 is 17.0. The smallest absolute Gasteiger partial charge is 0.262 e. The number of aromatic nitrogens is 3. The number of methoxy groups -OCH3 is 2. The number of ether oxygens (including phenoxy) is 2. The molecule has 0 aliphatic carbocycles. The molecule has 0 fully saturated rings. The summed E-state index contributed by atoms with van der Waals surface area (Å²) in [4.78, 5) is 8.74. The second-order valence-corrected chi connectivity index (χ2v) is 5.70. The molecule has 0 aliphatic heterocycles. The Morgan fingerprint density at radius 3 is 2.70 bits per heavy atom. The summed E-state index contributed by atoms with van der Waals surface area (Å²) in [5, 5.41) is 4.02. The minimum Gasteiger partial charge on any atom is -0.493 e. The van der Waals surface area contributed by atoms with Crippen molar-refractivity contribution in [3.63, 3.8) is 0 Å². The fourth-order valence-corrected chi connectivity index (χ4v) is 2.68. The molecule has 7 heteroatoms. The summed E-state index contributed by atoms with van der Waals surface area (Å²) in [6.07, 6.45) is 1.70. The third kappa shape index (κ3) is 2.92. The molecule has 0 unspecified atom stereocenters. The van der Waals surface area contributed by atoms with Crippen molar-refractivity contribution in [1.29, 1.82) is 0 Å². The van der Waals surface area contributed by atoms with Crippen LogP contribution in [0.15, 0.2) is 39.5 Å². The molecule has 6 nitrogen and oxygen atoms in total. The number of hydrogen-bond donors (Lipinski definition) is 0. The monoisotopic (exact) mass is 375 g/mol. The van der Waals surface area contributed by atoms with Gasteiger partial charge in [0.15, 0.2) is 11.5 Å². The molecule has 3 rings (SSSR count). The number of pyridine rings is 1. The van der Waals surface area contributed by atoms with Crippen molar-refractivity contribution in [1.82, 2.24) is 15.1 Å². The molecule has 0 spiro atoms. The molecule has 3 aromatic rings. The van der Waals surface area contributed by atoms with Crippen molar-refractivity contribution in [3.05, 3.63) is 40.5 Å². The van der Waals surface area contributed by atoms with Gasteiger partial charge in [-0.25, -0.2) is 0 Å². The molecular formula is C16H14BrN3O3. The normalized spacial score (nSPS) is 10.6. The average molecular weight is 376 g/mol. The van der Waals surface area contributed by atoms with Gasteiger partial charge in [-0.05, 0) is 30.7 Å². The van der Waals surface area contributed by atoms with Crippen molar-refractivity contribution in [3.8, 4) is 34.5 Å². The van der Waals surface area contributed by atoms with Crippen LogP contribution >= 0.6 is 15.9 Å². The summed E-state index contributed by atoms with van der Waals surface area (Å²) >= 11 is 3.44. The van der Waals surface area contributed by atoms with Crippen LogP contribution in [0.5, 0.6) is 11.5 Å². The van der Waals surface area contributed by atoms with E-state index in [2.05, 4.69) is 31.1 Å². The highest BCUT2D eigenvalue weighted by Gasteiger charge is 2.20. The number of aryl methyl sites for hydroxylation is 1. The average Bonchev–Trinajstić information content (AvgIpc) is 3.04. The van der Waals surface area contributed by atoms with Gasteiger partial charge in [0.2, 0.25) is 5.82 Å². The predicted octanol–water partition coefficient (Wildman–Crippen LogP) is 3.89. The topological polar surface area (TPSA) is 70.3 Å². The van der Waals surface area contributed by atoms with Crippen LogP contribution in [-0.2, 0) is 0 Å². The quantitative estimate of drug-likeness (QED) is 0.688. The Balaban J connectivity index is 2.11. The van der Waals surface area contributed by atoms with Gasteiger partial charge in [0, 0.05) is 10.7 Å². The summed E-state index contributed by atoms with van der Waals surface area (Å²) in [5.41, 5.74) is 2.30. The van der Waals surface area contributed by atoms with E-state index in [0.29, 0.717) is 34.5 Å². The Morgan fingerprint density at radius 2 is 2.00 bits per heavy atom. The van der Waals surface area contributed by atoms with Gasteiger partial charge in [-0.15, -0.1) is 0 Å². The maximum absolute atomic E-state index is 5.43. The summed E-state index contributed by atoms with van der Waals surface area (Å²) in [5.74, 6) is 1.87. The van der Waals surface area contributed by atoms with E-state index in [4.69, 9.17) is 14.0 Å². The van der Waals surface area contributed by atoms with Crippen LogP contribution in [0.4, 0.5) is 0 Å². The van der Waals surface area contributed by atoms with E-state index < -0.39 is 0 Å². The van der Waals surface area contributed by atoms with Gasteiger partial charge < -0.3 is 14.0 Å². The minimum absolute atomic E-state index is 0.335. The van der Waals surface area contributed by atoms with Crippen molar-refractivity contribution >= 4 is 15.9 Å². The van der Waals surface area contributed by atoms with Gasteiger partial charge in [0.05, 0.1) is 19.8 Å². The highest BCUT2D eigenvalue weighted by molar-refractivity contribution is 9.10. The Bertz CT molecular complexity index is 848. The number of rotatable bonds is 4. The Labute approximate surface area is 141 Å². The zero-order valence-corrected chi connectivity index (χ0v) is 14.4. The van der Waals surface area contributed by atoms with E-state index in [1.54, 1.807) is 20.4 Å². The van der Waals surface area contributed by atoms with Gasteiger partial charge >= 0.3 is 0 Å². The molecule has 0 saturated heterocycles. The third-order valence-corrected chi connectivity index (χ3v) is 3.78. The van der Waals surface area contributed by atoms with E-state index in [9.17, 15) is 0 Å². The summed E-state index contributed by atoms with van der Waals surface area (Å²) in [7, 11) is 3.14. The van der Waals surface area contributed by atoms with Crippen LogP contribution in [0.25, 0.3) is 23.0 Å². The lowest BCUT2D eigenvalue weighted by molar-refractivity contribution is 0.353. The van der Waals surface area contributed by atoms with E-state index in [-0.39, 0.29) is 0 Å². The van der Waals surface area contributed by atoms with Gasteiger partial charge in [-0.1, -0.05) is 27.2 Å². The maximum Gasteiger partial charge on any atom is 0.262 e. The number of hydrogen-bond acceptors (Lipinski definition) is 6. The van der Waals surface area contributed by atoms with E-state index >= 15 is 0 Å². The van der Waals surface area contributed by atoms with Crippen LogP contribution in [0, 0.1) is 6.92 Å². The first-order valence-corrected chi connectivity index (χ1v) is 7.61. The van der Waals surface area contributed by atoms with Gasteiger partial charge in [0.25, 0.3) is 5.89 Å². The Kier molecular flexibility index (Phi) is 4.29. The van der Waals surface area contributed by atoms with Crippen molar-refractivity contribution in [2.75, 3.05) is 14.2 Å². The highest BCUT2D eigenvalue weighted by atomic mass is 79.9. The van der Waals surface area contributed by atoms with E-state index in [1.165, 1.54) is 0 Å². The van der Waals surface area contributed by atoms with Gasteiger partial charge in [-0.2, -0.15) is 4.98 Å². The SMILES string of the molecule is COc1cc(Br)cc(-c2nc(-c3ncccc3C)no2)c1OC. The largest absolute Gasteiger partial charge is 0.493 e. The lowest BCUT2D eigenvalue weighted by Crippen LogP contribution is -1.94. The number of halogens is 1. The molecule has 0 aliphatic rings. The fourth-order valence-electron chi connectivity index (χ4n) is 2.24. The minimum atomic E-state index is 0.335. The van der Waals surface area contributed by atoms with Crippen LogP contribution in [0.2, 0.25) is 0 Å². The predicted molar refractivity (Wildman–Crippen MR) is 88.5 cm³/mol. The molecule has 0 saturated carbocycles. The molecule has 0 amide bonds. The van der Waals surface area contributed by atoms with Crippen molar-refractivity contribution in [2.24, 2.45) is 0 Å². The van der Waals surface area contributed by atoms with Crippen LogP contribution in [0.1, 0.15) is 5.56 Å². The molecule has 0 N–H and O–H groups in total. The van der Waals surface area contributed by atoms with Crippen molar-refractivity contribution in [2.45, 2.75) is 6.92 Å². The number of nitrogens with zero attached hydrogens (tertiary/aromatic N) is 3. The molecule has 0 radical (unpaired) electrons. The first kappa shape index (κ1) is 15.5. The number of benzene rings is 1. The summed E-state index contributed by atoms with van der Waals surface area (Å²) in [6, 6.07) is 7.45. The standard InChI is InChI=1S/C16H14BrN3O3/c1-9-5-4-6-18-13(9)15-19-16(23-20-15)11-7-10(17)8-12(21-2)14(11)22-3/h4-8H,1-3H3. The molecule has 2 aromatic heterocycles. The Hall–Kier alpha value is -2.41. The molecule has 118 valence electrons. The molecular weight excluding hydrogens is 362 g/mol. The summed E-state index contributed by atoms with van der Waals surface area (Å²) in [6.45, 7) is 1.95. The van der Waals surface area contributed by atoms with Crippen LogP contribution in [0.3, 0.4) is 0 Å². The highest BCUT2D eigenvalue weighted by Crippen LogP contribution is 2.40. The maximum atomic E-state index is 5.43. The zero-order valence-electron chi connectivity index (χ0n) is 12.8. The molecule has 2 heterocycles. The zero-order chi connectivity index (χ0) is 16.4. The van der Waals surface area contributed by atoms with Gasteiger partial charge in [-0.3, -0.25) is 4.98 Å². The first-order chi connectivity index (χ1) is 11.1. The van der Waals surface area contributed by atoms with Gasteiger partial charge in [0.1, 0.15) is 5.69 Å². The van der Waals surface area contributed by atoms with E-state index in [0.717, 1.165) is 10.0 Å². The lowest BCUT2D eigenvalue weighted by atomic mass is 10.2. The van der Waals surface area contributed by atoms with Crippen LogP contribution in [-0.4, -0.2) is 29.3 Å².